The van der Waals surface area contributed by atoms with Crippen LogP contribution < -0.4 is 0 Å². The molecule has 0 amide bonds. The normalized spacial score (nSPS) is 14.4. The van der Waals surface area contributed by atoms with E-state index in [1.807, 2.05) is 6.92 Å². The van der Waals surface area contributed by atoms with Crippen LogP contribution in [0, 0.1) is 11.3 Å². The van der Waals surface area contributed by atoms with E-state index in [9.17, 15) is 19.8 Å². The fourth-order valence-electron chi connectivity index (χ4n) is 2.11. The third-order valence-electron chi connectivity index (χ3n) is 4.04. The number of hydrogen-bond acceptors (Lipinski definition) is 4. The Morgan fingerprint density at radius 3 is 1.42 bits per heavy atom. The molecule has 140 valence electrons. The molecule has 1 saturated carbocycles. The zero-order valence-electron chi connectivity index (χ0n) is 15.0. The van der Waals surface area contributed by atoms with Crippen LogP contribution in [0.5, 0.6) is 0 Å². The Morgan fingerprint density at radius 1 is 0.917 bits per heavy atom. The van der Waals surface area contributed by atoms with Gasteiger partial charge in [-0.1, -0.05) is 39.3 Å². The summed E-state index contributed by atoms with van der Waals surface area (Å²) in [4.78, 5) is 19.2. The Kier molecular flexibility index (Phi) is 13.0. The molecule has 0 aromatic heterocycles. The smallest absolute Gasteiger partial charge is 0.330 e. The highest BCUT2D eigenvalue weighted by molar-refractivity contribution is 5.85. The Balaban J connectivity index is 0. The van der Waals surface area contributed by atoms with Gasteiger partial charge in [0, 0.05) is 16.6 Å². The number of aliphatic carboxylic acids is 2. The average molecular weight is 344 g/mol. The molecule has 0 radical (unpaired) electrons. The van der Waals surface area contributed by atoms with Crippen LogP contribution >= 0.6 is 0 Å². The van der Waals surface area contributed by atoms with Gasteiger partial charge in [-0.15, -0.1) is 0 Å². The van der Waals surface area contributed by atoms with Gasteiger partial charge in [0.05, 0.1) is 13.2 Å². The van der Waals surface area contributed by atoms with Gasteiger partial charge in [0.15, 0.2) is 0 Å². The van der Waals surface area contributed by atoms with Crippen LogP contribution in [0.2, 0.25) is 0 Å². The first-order valence-corrected chi connectivity index (χ1v) is 8.01. The zero-order chi connectivity index (χ0) is 19.3. The molecule has 1 aliphatic rings. The second kappa shape index (κ2) is 12.7. The fourth-order valence-corrected chi connectivity index (χ4v) is 2.11. The van der Waals surface area contributed by atoms with E-state index >= 15 is 0 Å². The average Bonchev–Trinajstić information content (AvgIpc) is 2.55. The van der Waals surface area contributed by atoms with E-state index in [0.717, 1.165) is 0 Å². The summed E-state index contributed by atoms with van der Waals surface area (Å²) in [6.07, 6.45) is 6.21. The predicted molar refractivity (Wildman–Crippen MR) is 93.8 cm³/mol. The topological polar surface area (TPSA) is 115 Å². The maximum Gasteiger partial charge on any atom is 0.330 e. The lowest BCUT2D eigenvalue weighted by atomic mass is 9.71. The van der Waals surface area contributed by atoms with E-state index in [1.54, 1.807) is 0 Å². The van der Waals surface area contributed by atoms with Crippen molar-refractivity contribution >= 4 is 11.9 Å². The van der Waals surface area contributed by atoms with Crippen LogP contribution in [0.15, 0.2) is 24.3 Å². The molecule has 0 heterocycles. The molecular formula is C18H32O6. The van der Waals surface area contributed by atoms with Crippen molar-refractivity contribution < 1.29 is 30.0 Å². The summed E-state index contributed by atoms with van der Waals surface area (Å²) in [5.74, 6) is -1.34. The molecule has 6 heteroatoms. The molecule has 0 unspecified atom stereocenters. The molecule has 0 spiro atoms. The quantitative estimate of drug-likeness (QED) is 0.570. The van der Waals surface area contributed by atoms with Gasteiger partial charge >= 0.3 is 11.9 Å². The summed E-state index contributed by atoms with van der Waals surface area (Å²) in [6, 6.07) is 0. The molecular weight excluding hydrogens is 312 g/mol. The summed E-state index contributed by atoms with van der Waals surface area (Å²) in [5.41, 5.74) is 0.116. The largest absolute Gasteiger partial charge is 0.478 e. The highest BCUT2D eigenvalue weighted by atomic mass is 16.4. The van der Waals surface area contributed by atoms with Crippen LogP contribution in [0.3, 0.4) is 0 Å². The highest BCUT2D eigenvalue weighted by Crippen LogP contribution is 2.37. The highest BCUT2D eigenvalue weighted by Gasteiger charge is 2.33. The Hall–Kier alpha value is -1.66. The molecule has 4 N–H and O–H groups in total. The molecule has 0 aliphatic heterocycles. The summed E-state index contributed by atoms with van der Waals surface area (Å²) >= 11 is 0. The summed E-state index contributed by atoms with van der Waals surface area (Å²) in [6.45, 7) is 11.4. The zero-order valence-corrected chi connectivity index (χ0v) is 15.0. The van der Waals surface area contributed by atoms with Crippen LogP contribution in [0.1, 0.15) is 52.9 Å². The molecule has 0 aromatic rings. The van der Waals surface area contributed by atoms with Gasteiger partial charge in [-0.25, -0.2) is 9.59 Å². The summed E-state index contributed by atoms with van der Waals surface area (Å²) < 4.78 is 0. The third-order valence-corrected chi connectivity index (χ3v) is 4.04. The van der Waals surface area contributed by atoms with Crippen molar-refractivity contribution in [3.63, 3.8) is 0 Å². The predicted octanol–water partition coefficient (Wildman–Crippen LogP) is 2.85. The van der Waals surface area contributed by atoms with Crippen LogP contribution in [-0.2, 0) is 9.59 Å². The molecule has 0 bridgehead atoms. The molecule has 1 aliphatic carbocycles. The van der Waals surface area contributed by atoms with Gasteiger partial charge in [0.25, 0.3) is 0 Å². The van der Waals surface area contributed by atoms with Gasteiger partial charge in [0.1, 0.15) is 0 Å². The van der Waals surface area contributed by atoms with Crippen molar-refractivity contribution in [1.82, 2.24) is 0 Å². The summed E-state index contributed by atoms with van der Waals surface area (Å²) in [7, 11) is 0. The lowest BCUT2D eigenvalue weighted by Crippen LogP contribution is -2.36. The number of rotatable bonds is 5. The number of aliphatic hydroxyl groups is 2. The van der Waals surface area contributed by atoms with Crippen molar-refractivity contribution in [3.8, 4) is 0 Å². The van der Waals surface area contributed by atoms with Crippen molar-refractivity contribution in [1.29, 1.82) is 0 Å². The number of carbonyl (C=O) groups is 2. The molecule has 1 rings (SSSR count). The van der Waals surface area contributed by atoms with Crippen molar-refractivity contribution in [2.45, 2.75) is 52.9 Å². The molecule has 1 fully saturated rings. The van der Waals surface area contributed by atoms with E-state index in [0.29, 0.717) is 5.92 Å². The SMILES string of the molecule is C=C(C)C(=O)O.C=C(C)C(=O)O.CC(CO)(CO)C1CCCCC1. The van der Waals surface area contributed by atoms with E-state index in [1.165, 1.54) is 46.0 Å². The minimum Gasteiger partial charge on any atom is -0.478 e. The van der Waals surface area contributed by atoms with Crippen molar-refractivity contribution in [2.24, 2.45) is 11.3 Å². The van der Waals surface area contributed by atoms with Crippen molar-refractivity contribution in [2.75, 3.05) is 13.2 Å². The van der Waals surface area contributed by atoms with Gasteiger partial charge in [-0.3, -0.25) is 0 Å². The van der Waals surface area contributed by atoms with Crippen LogP contribution in [0.4, 0.5) is 0 Å². The number of hydrogen-bond donors (Lipinski definition) is 4. The van der Waals surface area contributed by atoms with E-state index in [2.05, 4.69) is 13.2 Å². The minimum absolute atomic E-state index is 0.119. The maximum atomic E-state index is 9.60. The van der Waals surface area contributed by atoms with Gasteiger partial charge in [-0.2, -0.15) is 0 Å². The number of carboxylic acids is 2. The molecule has 6 nitrogen and oxygen atoms in total. The second-order valence-electron chi connectivity index (χ2n) is 6.48. The first kappa shape index (κ1) is 24.6. The monoisotopic (exact) mass is 344 g/mol. The molecule has 24 heavy (non-hydrogen) atoms. The van der Waals surface area contributed by atoms with E-state index in [4.69, 9.17) is 10.2 Å². The molecule has 0 aromatic carbocycles. The maximum absolute atomic E-state index is 9.60. The van der Waals surface area contributed by atoms with Gasteiger partial charge < -0.3 is 20.4 Å². The van der Waals surface area contributed by atoms with E-state index < -0.39 is 11.9 Å². The van der Waals surface area contributed by atoms with Gasteiger partial charge in [0.2, 0.25) is 0 Å². The minimum atomic E-state index is -0.935. The third kappa shape index (κ3) is 11.0. The fraction of sp³-hybridized carbons (Fsp3) is 0.667. The van der Waals surface area contributed by atoms with Gasteiger partial charge in [-0.05, 0) is 32.6 Å². The summed E-state index contributed by atoms with van der Waals surface area (Å²) in [5, 5.41) is 34.1. The number of aliphatic hydroxyl groups excluding tert-OH is 2. The van der Waals surface area contributed by atoms with E-state index in [-0.39, 0.29) is 29.8 Å². The standard InChI is InChI=1S/C10H20O2.2C4H6O2/c1-10(7-11,8-12)9-5-3-2-4-6-9;2*1-3(2)4(5)6/h9,11-12H,2-8H2,1H3;2*1H2,2H3,(H,5,6). The van der Waals surface area contributed by atoms with Crippen LogP contribution in [0.25, 0.3) is 0 Å². The van der Waals surface area contributed by atoms with Crippen molar-refractivity contribution in [3.05, 3.63) is 24.3 Å². The lowest BCUT2D eigenvalue weighted by molar-refractivity contribution is -0.133. The first-order chi connectivity index (χ1) is 11.0. The Labute approximate surface area is 144 Å². The first-order valence-electron chi connectivity index (χ1n) is 8.01. The Morgan fingerprint density at radius 2 is 1.21 bits per heavy atom. The molecule has 0 saturated heterocycles. The molecule has 0 atom stereocenters. The Bertz CT molecular complexity index is 369. The van der Waals surface area contributed by atoms with Crippen LogP contribution in [-0.4, -0.2) is 45.6 Å². The number of carboxylic acid groups (broad SMARTS) is 2. The lowest BCUT2D eigenvalue weighted by Gasteiger charge is -2.37. The second-order valence-corrected chi connectivity index (χ2v) is 6.48.